The number of unbranched alkanes of at least 4 members (excludes halogenated alkanes) is 1. The van der Waals surface area contributed by atoms with Crippen molar-refractivity contribution in [1.82, 2.24) is 20.5 Å². The predicted molar refractivity (Wildman–Crippen MR) is 235 cm³/mol. The number of amides is 3. The van der Waals surface area contributed by atoms with Crippen LogP contribution in [0.25, 0.3) is 0 Å². The molecule has 60 heavy (non-hydrogen) atoms. The fraction of sp³-hybridized carbons (Fsp3) is 0.277. The Morgan fingerprint density at radius 3 is 2.42 bits per heavy atom. The van der Waals surface area contributed by atoms with Crippen LogP contribution in [0.4, 0.5) is 11.5 Å². The molecular weight excluding hydrogens is 759 g/mol. The van der Waals surface area contributed by atoms with E-state index in [1.807, 2.05) is 110 Å². The van der Waals surface area contributed by atoms with Crippen molar-refractivity contribution in [3.8, 4) is 5.75 Å². The van der Waals surface area contributed by atoms with E-state index in [0.29, 0.717) is 61.8 Å². The molecule has 0 aliphatic heterocycles. The molecule has 13 nitrogen and oxygen atoms in total. The number of carboxylic acid groups (broad SMARTS) is 1. The summed E-state index contributed by atoms with van der Waals surface area (Å²) in [5.74, 6) is -1.09. The third kappa shape index (κ3) is 14.7. The van der Waals surface area contributed by atoms with Crippen molar-refractivity contribution < 1.29 is 29.0 Å². The standard InChI is InChI=1S/C47H53N7O6/c1-35-29-40(60-34-38-19-11-6-12-20-38)23-24-42(35)54(33-45(56)53(2)28-26-36-15-9-5-10-16-36)32-44(55)51-41(47(58)59)21-13-14-27-48-46(57)39-22-25-43(49-31-39)52-50-30-37-17-7-3-4-8-18-37/h3,5-12,15-20,22-25,29-31,41H,4,13-14,21,26-28,32-34H2,1-2H3,(H,48,57)(H,49,52)(H,51,55)(H,58,59). The Morgan fingerprint density at radius 2 is 1.70 bits per heavy atom. The summed E-state index contributed by atoms with van der Waals surface area (Å²) in [5.41, 5.74) is 7.73. The van der Waals surface area contributed by atoms with E-state index >= 15 is 0 Å². The molecule has 1 unspecified atom stereocenters. The SMILES string of the molecule is Cc1cc(OCc2ccccc2)ccc1N(CC(=O)NC(CCCCNC(=O)c1ccc(NN=CC2=CC=CCC=C2)nc1)C(=O)O)CC(=O)N(C)CCc1ccccc1. The highest BCUT2D eigenvalue weighted by Crippen LogP contribution is 2.26. The molecule has 1 heterocycles. The van der Waals surface area contributed by atoms with Crippen LogP contribution in [0.1, 0.15) is 52.7 Å². The highest BCUT2D eigenvalue weighted by molar-refractivity contribution is 5.94. The largest absolute Gasteiger partial charge is 0.489 e. The number of nitrogens with one attached hydrogen (secondary N) is 3. The van der Waals surface area contributed by atoms with Crippen LogP contribution in [0, 0.1) is 6.92 Å². The number of pyridine rings is 1. The maximum Gasteiger partial charge on any atom is 0.326 e. The van der Waals surface area contributed by atoms with Gasteiger partial charge in [0, 0.05) is 32.0 Å². The molecule has 1 aliphatic carbocycles. The Labute approximate surface area is 351 Å². The van der Waals surface area contributed by atoms with Crippen LogP contribution in [-0.2, 0) is 27.4 Å². The third-order valence-electron chi connectivity index (χ3n) is 9.69. The molecule has 1 aromatic heterocycles. The van der Waals surface area contributed by atoms with Crippen LogP contribution in [0.3, 0.4) is 0 Å². The van der Waals surface area contributed by atoms with Gasteiger partial charge in [0.25, 0.3) is 5.91 Å². The summed E-state index contributed by atoms with van der Waals surface area (Å²) in [7, 11) is 1.73. The zero-order valence-corrected chi connectivity index (χ0v) is 34.1. The van der Waals surface area contributed by atoms with E-state index in [-0.39, 0.29) is 31.3 Å². The number of allylic oxidation sites excluding steroid dienone is 6. The van der Waals surface area contributed by atoms with Gasteiger partial charge in [0.2, 0.25) is 11.8 Å². The first-order chi connectivity index (χ1) is 29.1. The van der Waals surface area contributed by atoms with Crippen LogP contribution in [0.2, 0.25) is 0 Å². The highest BCUT2D eigenvalue weighted by Gasteiger charge is 2.24. The van der Waals surface area contributed by atoms with Crippen LogP contribution >= 0.6 is 0 Å². The van der Waals surface area contributed by atoms with E-state index < -0.39 is 17.9 Å². The molecule has 0 saturated heterocycles. The van der Waals surface area contributed by atoms with Crippen molar-refractivity contribution in [2.24, 2.45) is 5.10 Å². The zero-order valence-electron chi connectivity index (χ0n) is 34.1. The Hall–Kier alpha value is -7.02. The van der Waals surface area contributed by atoms with E-state index in [0.717, 1.165) is 28.7 Å². The minimum atomic E-state index is -1.17. The van der Waals surface area contributed by atoms with Crippen molar-refractivity contribution in [3.05, 3.63) is 155 Å². The van der Waals surface area contributed by atoms with Gasteiger partial charge in [0.05, 0.1) is 24.9 Å². The molecule has 0 radical (unpaired) electrons. The highest BCUT2D eigenvalue weighted by atomic mass is 16.5. The smallest absolute Gasteiger partial charge is 0.326 e. The number of benzene rings is 3. The fourth-order valence-corrected chi connectivity index (χ4v) is 6.29. The van der Waals surface area contributed by atoms with Gasteiger partial charge in [-0.3, -0.25) is 19.8 Å². The molecular formula is C47H53N7O6. The average Bonchev–Trinajstić information content (AvgIpc) is 3.54. The van der Waals surface area contributed by atoms with Gasteiger partial charge in [-0.2, -0.15) is 5.10 Å². The molecule has 1 aliphatic rings. The van der Waals surface area contributed by atoms with Gasteiger partial charge in [-0.1, -0.05) is 91.0 Å². The number of aryl methyl sites for hydroxylation is 1. The van der Waals surface area contributed by atoms with E-state index in [9.17, 15) is 24.3 Å². The molecule has 1 atom stereocenters. The Kier molecular flexibility index (Phi) is 17.2. The summed E-state index contributed by atoms with van der Waals surface area (Å²) in [6.07, 6.45) is 15.7. The predicted octanol–water partition coefficient (Wildman–Crippen LogP) is 6.49. The number of hydrazone groups is 1. The number of ether oxygens (including phenoxy) is 1. The van der Waals surface area contributed by atoms with Crippen LogP contribution in [0.5, 0.6) is 5.75 Å². The number of rotatable bonds is 22. The Bertz CT molecular complexity index is 2150. The summed E-state index contributed by atoms with van der Waals surface area (Å²) in [6, 6.07) is 27.3. The number of carboxylic acids is 1. The molecule has 5 rings (SSSR count). The minimum Gasteiger partial charge on any atom is -0.489 e. The topological polar surface area (TPSA) is 166 Å². The molecule has 3 amide bonds. The molecule has 3 aromatic carbocycles. The summed E-state index contributed by atoms with van der Waals surface area (Å²) in [4.78, 5) is 59.6. The fourth-order valence-electron chi connectivity index (χ4n) is 6.29. The van der Waals surface area contributed by atoms with Crippen LogP contribution in [0.15, 0.2) is 138 Å². The number of hydrogen-bond acceptors (Lipinski definition) is 9. The van der Waals surface area contributed by atoms with Gasteiger partial charge in [-0.25, -0.2) is 9.78 Å². The Morgan fingerprint density at radius 1 is 0.933 bits per heavy atom. The molecule has 4 aromatic rings. The van der Waals surface area contributed by atoms with Crippen LogP contribution < -0.4 is 25.7 Å². The lowest BCUT2D eigenvalue weighted by Crippen LogP contribution is -2.48. The number of aromatic nitrogens is 1. The number of carbonyl (C=O) groups is 4. The monoisotopic (exact) mass is 811 g/mol. The van der Waals surface area contributed by atoms with Gasteiger partial charge in [0.1, 0.15) is 24.2 Å². The Balaban J connectivity index is 1.12. The normalized spacial score (nSPS) is 12.5. The maximum absolute atomic E-state index is 13.5. The van der Waals surface area contributed by atoms with Gasteiger partial charge < -0.3 is 30.3 Å². The molecule has 0 fully saturated rings. The lowest BCUT2D eigenvalue weighted by Gasteiger charge is -2.28. The summed E-state index contributed by atoms with van der Waals surface area (Å²) in [5, 5.41) is 19.7. The van der Waals surface area contributed by atoms with E-state index in [1.165, 1.54) is 6.20 Å². The van der Waals surface area contributed by atoms with Crippen molar-refractivity contribution >= 4 is 41.4 Å². The molecule has 0 spiro atoms. The van der Waals surface area contributed by atoms with Crippen molar-refractivity contribution in [1.29, 1.82) is 0 Å². The lowest BCUT2D eigenvalue weighted by molar-refractivity contribution is -0.142. The minimum absolute atomic E-state index is 0.0990. The lowest BCUT2D eigenvalue weighted by atomic mass is 10.1. The van der Waals surface area contributed by atoms with E-state index in [1.54, 1.807) is 41.3 Å². The summed E-state index contributed by atoms with van der Waals surface area (Å²) >= 11 is 0. The number of anilines is 2. The zero-order chi connectivity index (χ0) is 42.5. The van der Waals surface area contributed by atoms with E-state index in [4.69, 9.17) is 4.74 Å². The van der Waals surface area contributed by atoms with E-state index in [2.05, 4.69) is 26.1 Å². The number of nitrogens with zero attached hydrogens (tertiary/aromatic N) is 4. The molecule has 4 N–H and O–H groups in total. The van der Waals surface area contributed by atoms with Crippen molar-refractivity contribution in [3.63, 3.8) is 0 Å². The first-order valence-corrected chi connectivity index (χ1v) is 20.0. The molecule has 0 bridgehead atoms. The number of aliphatic carboxylic acids is 1. The average molecular weight is 812 g/mol. The third-order valence-corrected chi connectivity index (χ3v) is 9.69. The number of carbonyl (C=O) groups excluding carboxylic acids is 3. The summed E-state index contributed by atoms with van der Waals surface area (Å²) < 4.78 is 6.01. The second kappa shape index (κ2) is 23.4. The first-order valence-electron chi connectivity index (χ1n) is 20.0. The van der Waals surface area contributed by atoms with Crippen molar-refractivity contribution in [2.45, 2.75) is 51.7 Å². The quantitative estimate of drug-likeness (QED) is 0.0395. The van der Waals surface area contributed by atoms with Crippen LogP contribution in [-0.4, -0.2) is 84.2 Å². The van der Waals surface area contributed by atoms with Gasteiger partial charge in [0.15, 0.2) is 0 Å². The first kappa shape index (κ1) is 44.1. The summed E-state index contributed by atoms with van der Waals surface area (Å²) in [6.45, 7) is 2.71. The van der Waals surface area contributed by atoms with Gasteiger partial charge >= 0.3 is 5.97 Å². The number of hydrogen-bond donors (Lipinski definition) is 4. The van der Waals surface area contributed by atoms with Crippen molar-refractivity contribution in [2.75, 3.05) is 43.6 Å². The second-order valence-corrected chi connectivity index (χ2v) is 14.4. The molecule has 0 saturated carbocycles. The second-order valence-electron chi connectivity index (χ2n) is 14.4. The molecule has 312 valence electrons. The van der Waals surface area contributed by atoms with Gasteiger partial charge in [-0.15, -0.1) is 0 Å². The maximum atomic E-state index is 13.5. The molecule has 13 heteroatoms. The van der Waals surface area contributed by atoms with Gasteiger partial charge in [-0.05, 0) is 91.6 Å². The number of likely N-dealkylation sites (N-methyl/N-ethyl adjacent to an activating group) is 1.